The van der Waals surface area contributed by atoms with E-state index in [1.807, 2.05) is 0 Å². The fraction of sp³-hybridized carbons (Fsp3) is 0.0500. The smallest absolute Gasteiger partial charge is 0.261 e. The van der Waals surface area contributed by atoms with E-state index in [0.717, 1.165) is 0 Å². The van der Waals surface area contributed by atoms with E-state index < -0.39 is 15.9 Å². The molecule has 1 amide bonds. The molecule has 3 aromatic carbocycles. The predicted octanol–water partition coefficient (Wildman–Crippen LogP) is 3.75. The molecule has 0 spiro atoms. The van der Waals surface area contributed by atoms with Gasteiger partial charge in [-0.2, -0.15) is 0 Å². The van der Waals surface area contributed by atoms with Gasteiger partial charge in [-0.3, -0.25) is 9.52 Å². The number of hydrogen-bond donors (Lipinski definition) is 2. The molecule has 0 aliphatic rings. The largest absolute Gasteiger partial charge is 0.495 e. The van der Waals surface area contributed by atoms with Crippen molar-refractivity contribution >= 4 is 27.3 Å². The van der Waals surface area contributed by atoms with Crippen LogP contribution in [0.3, 0.4) is 0 Å². The molecule has 0 atom stereocenters. The molecule has 2 N–H and O–H groups in total. The summed E-state index contributed by atoms with van der Waals surface area (Å²) in [5.74, 6) is 0.0802. The number of rotatable bonds is 6. The Bertz CT molecular complexity index is 1050. The van der Waals surface area contributed by atoms with Crippen molar-refractivity contribution < 1.29 is 17.9 Å². The van der Waals surface area contributed by atoms with Crippen molar-refractivity contribution in [3.05, 3.63) is 84.4 Å². The molecular formula is C20H18N2O4S. The summed E-state index contributed by atoms with van der Waals surface area (Å²) in [5.41, 5.74) is 1.17. The van der Waals surface area contributed by atoms with Gasteiger partial charge in [0.25, 0.3) is 15.9 Å². The number of benzene rings is 3. The van der Waals surface area contributed by atoms with Crippen LogP contribution in [0.5, 0.6) is 5.75 Å². The first-order valence-corrected chi connectivity index (χ1v) is 9.60. The molecule has 0 heterocycles. The molecule has 0 fully saturated rings. The maximum Gasteiger partial charge on any atom is 0.261 e. The SMILES string of the molecule is COc1ccccc1NC(=O)c1cccc(S(=O)(=O)Nc2ccccc2)c1. The van der Waals surface area contributed by atoms with Crippen molar-refractivity contribution in [3.63, 3.8) is 0 Å². The van der Waals surface area contributed by atoms with E-state index in [4.69, 9.17) is 4.74 Å². The van der Waals surface area contributed by atoms with Crippen molar-refractivity contribution in [1.82, 2.24) is 0 Å². The Hall–Kier alpha value is -3.32. The van der Waals surface area contributed by atoms with E-state index in [2.05, 4.69) is 10.0 Å². The summed E-state index contributed by atoms with van der Waals surface area (Å²) in [6.07, 6.45) is 0. The van der Waals surface area contributed by atoms with E-state index in [1.165, 1.54) is 25.3 Å². The van der Waals surface area contributed by atoms with E-state index >= 15 is 0 Å². The van der Waals surface area contributed by atoms with Crippen LogP contribution in [0.25, 0.3) is 0 Å². The van der Waals surface area contributed by atoms with Gasteiger partial charge in [-0.05, 0) is 42.5 Å². The second-order valence-electron chi connectivity index (χ2n) is 5.65. The van der Waals surface area contributed by atoms with Crippen LogP contribution in [0, 0.1) is 0 Å². The van der Waals surface area contributed by atoms with Gasteiger partial charge in [0.15, 0.2) is 0 Å². The highest BCUT2D eigenvalue weighted by atomic mass is 32.2. The summed E-state index contributed by atoms with van der Waals surface area (Å²) < 4.78 is 32.8. The number of hydrogen-bond acceptors (Lipinski definition) is 4. The van der Waals surface area contributed by atoms with Crippen LogP contribution in [-0.4, -0.2) is 21.4 Å². The highest BCUT2D eigenvalue weighted by Gasteiger charge is 2.17. The topological polar surface area (TPSA) is 84.5 Å². The first kappa shape index (κ1) is 18.5. The van der Waals surface area contributed by atoms with Gasteiger partial charge in [-0.1, -0.05) is 36.4 Å². The fourth-order valence-electron chi connectivity index (χ4n) is 2.47. The lowest BCUT2D eigenvalue weighted by atomic mass is 10.2. The molecular weight excluding hydrogens is 364 g/mol. The Morgan fingerprint density at radius 1 is 0.889 bits per heavy atom. The standard InChI is InChI=1S/C20H18N2O4S/c1-26-19-13-6-5-12-18(19)21-20(23)15-8-7-11-17(14-15)27(24,25)22-16-9-3-2-4-10-16/h2-14,22H,1H3,(H,21,23). The number of carbonyl (C=O) groups is 1. The summed E-state index contributed by atoms with van der Waals surface area (Å²) in [7, 11) is -2.30. The number of anilines is 2. The Kier molecular flexibility index (Phi) is 5.42. The van der Waals surface area contributed by atoms with Crippen LogP contribution in [0.4, 0.5) is 11.4 Å². The molecule has 0 radical (unpaired) electrons. The third-order valence-electron chi connectivity index (χ3n) is 3.79. The third-order valence-corrected chi connectivity index (χ3v) is 5.17. The molecule has 0 aromatic heterocycles. The lowest BCUT2D eigenvalue weighted by Gasteiger charge is -2.11. The van der Waals surface area contributed by atoms with Crippen LogP contribution in [0.2, 0.25) is 0 Å². The minimum absolute atomic E-state index is 0.000898. The van der Waals surface area contributed by atoms with Crippen LogP contribution >= 0.6 is 0 Å². The van der Waals surface area contributed by atoms with E-state index in [1.54, 1.807) is 60.7 Å². The quantitative estimate of drug-likeness (QED) is 0.680. The van der Waals surface area contributed by atoms with Crippen molar-refractivity contribution in [1.29, 1.82) is 0 Å². The van der Waals surface area contributed by atoms with Gasteiger partial charge in [-0.15, -0.1) is 0 Å². The van der Waals surface area contributed by atoms with Crippen molar-refractivity contribution in [3.8, 4) is 5.75 Å². The predicted molar refractivity (Wildman–Crippen MR) is 105 cm³/mol. The maximum absolute atomic E-state index is 12.6. The molecule has 3 aromatic rings. The van der Waals surface area contributed by atoms with Crippen LogP contribution < -0.4 is 14.8 Å². The molecule has 0 aliphatic heterocycles. The highest BCUT2D eigenvalue weighted by Crippen LogP contribution is 2.24. The minimum Gasteiger partial charge on any atom is -0.495 e. The summed E-state index contributed by atoms with van der Waals surface area (Å²) >= 11 is 0. The van der Waals surface area contributed by atoms with Gasteiger partial charge < -0.3 is 10.1 Å². The minimum atomic E-state index is -3.81. The Morgan fingerprint density at radius 2 is 1.59 bits per heavy atom. The van der Waals surface area contributed by atoms with Crippen molar-refractivity contribution in [2.75, 3.05) is 17.1 Å². The van der Waals surface area contributed by atoms with Gasteiger partial charge in [0.2, 0.25) is 0 Å². The van der Waals surface area contributed by atoms with Gasteiger partial charge in [0.05, 0.1) is 17.7 Å². The second-order valence-corrected chi connectivity index (χ2v) is 7.34. The summed E-state index contributed by atoms with van der Waals surface area (Å²) in [4.78, 5) is 12.5. The number of methoxy groups -OCH3 is 1. The molecule has 138 valence electrons. The summed E-state index contributed by atoms with van der Waals surface area (Å²) in [6.45, 7) is 0. The average molecular weight is 382 g/mol. The van der Waals surface area contributed by atoms with E-state index in [0.29, 0.717) is 17.1 Å². The zero-order chi connectivity index (χ0) is 19.3. The van der Waals surface area contributed by atoms with Gasteiger partial charge >= 0.3 is 0 Å². The third kappa shape index (κ3) is 4.45. The van der Waals surface area contributed by atoms with Crippen LogP contribution in [-0.2, 0) is 10.0 Å². The molecule has 7 heteroatoms. The van der Waals surface area contributed by atoms with Gasteiger partial charge in [0, 0.05) is 11.3 Å². The van der Waals surface area contributed by atoms with E-state index in [9.17, 15) is 13.2 Å². The Balaban J connectivity index is 1.83. The molecule has 0 unspecified atom stereocenters. The van der Waals surface area contributed by atoms with E-state index in [-0.39, 0.29) is 10.5 Å². The monoisotopic (exact) mass is 382 g/mol. The maximum atomic E-state index is 12.6. The first-order chi connectivity index (χ1) is 13.0. The number of sulfonamides is 1. The fourth-order valence-corrected chi connectivity index (χ4v) is 3.57. The molecule has 6 nitrogen and oxygen atoms in total. The number of ether oxygens (including phenoxy) is 1. The Labute approximate surface area is 157 Å². The molecule has 3 rings (SSSR count). The van der Waals surface area contributed by atoms with Crippen molar-refractivity contribution in [2.24, 2.45) is 0 Å². The molecule has 0 saturated heterocycles. The molecule has 0 bridgehead atoms. The van der Waals surface area contributed by atoms with Crippen molar-refractivity contribution in [2.45, 2.75) is 4.90 Å². The average Bonchev–Trinajstić information content (AvgIpc) is 2.69. The molecule has 0 aliphatic carbocycles. The normalized spacial score (nSPS) is 10.9. The van der Waals surface area contributed by atoms with Gasteiger partial charge in [0.1, 0.15) is 5.75 Å². The molecule has 0 saturated carbocycles. The van der Waals surface area contributed by atoms with Gasteiger partial charge in [-0.25, -0.2) is 8.42 Å². The number of para-hydroxylation sites is 3. The zero-order valence-corrected chi connectivity index (χ0v) is 15.4. The highest BCUT2D eigenvalue weighted by molar-refractivity contribution is 7.92. The summed E-state index contributed by atoms with van der Waals surface area (Å²) in [5, 5.41) is 2.73. The second kappa shape index (κ2) is 7.92. The number of nitrogens with one attached hydrogen (secondary N) is 2. The van der Waals surface area contributed by atoms with Crippen LogP contribution in [0.15, 0.2) is 83.8 Å². The lowest BCUT2D eigenvalue weighted by molar-refractivity contribution is 0.102. The molecule has 27 heavy (non-hydrogen) atoms. The first-order valence-electron chi connectivity index (χ1n) is 8.12. The summed E-state index contributed by atoms with van der Waals surface area (Å²) in [6, 6.07) is 21.4. The van der Waals surface area contributed by atoms with Crippen LogP contribution in [0.1, 0.15) is 10.4 Å². The number of amides is 1. The number of carbonyl (C=O) groups excluding carboxylic acids is 1. The zero-order valence-electron chi connectivity index (χ0n) is 14.5. The Morgan fingerprint density at radius 3 is 2.33 bits per heavy atom. The lowest BCUT2D eigenvalue weighted by Crippen LogP contribution is -2.16.